The molecule has 1 rings (SSSR count). The lowest BCUT2D eigenvalue weighted by atomic mass is 10.1. The molecule has 1 aromatic heterocycles. The Morgan fingerprint density at radius 2 is 2.12 bits per heavy atom. The van der Waals surface area contributed by atoms with Crippen molar-refractivity contribution < 1.29 is 9.53 Å². The van der Waals surface area contributed by atoms with Gasteiger partial charge in [-0.3, -0.25) is 0 Å². The number of nitrogen functional groups attached to an aromatic ring is 1. The van der Waals surface area contributed by atoms with Crippen LogP contribution in [-0.4, -0.2) is 16.7 Å². The predicted octanol–water partition coefficient (Wildman–Crippen LogP) is 2.25. The highest BCUT2D eigenvalue weighted by atomic mass is 16.6. The number of anilines is 1. The van der Waals surface area contributed by atoms with E-state index >= 15 is 0 Å². The van der Waals surface area contributed by atoms with Crippen LogP contribution in [0.15, 0.2) is 18.3 Å². The monoisotopic (exact) mass is 237 g/mol. The number of ether oxygens (including phenoxy) is 1. The summed E-state index contributed by atoms with van der Waals surface area (Å²) < 4.78 is 5.16. The van der Waals surface area contributed by atoms with E-state index < -0.39 is 11.7 Å². The van der Waals surface area contributed by atoms with Gasteiger partial charge in [-0.2, -0.15) is 0 Å². The van der Waals surface area contributed by atoms with Crippen LogP contribution in [0.4, 0.5) is 10.6 Å². The molecule has 0 aliphatic rings. The van der Waals surface area contributed by atoms with Crippen LogP contribution >= 0.6 is 0 Å². The summed E-state index contributed by atoms with van der Waals surface area (Å²) in [5.41, 5.74) is 5.87. The molecule has 0 fully saturated rings. The molecule has 1 amide bonds. The number of pyridine rings is 1. The van der Waals surface area contributed by atoms with Crippen molar-refractivity contribution >= 4 is 11.9 Å². The normalized spacial score (nSPS) is 12.9. The fourth-order valence-electron chi connectivity index (χ4n) is 1.24. The first-order valence-corrected chi connectivity index (χ1v) is 5.49. The van der Waals surface area contributed by atoms with Crippen molar-refractivity contribution in [3.63, 3.8) is 0 Å². The molecular weight excluding hydrogens is 218 g/mol. The van der Waals surface area contributed by atoms with Crippen molar-refractivity contribution in [3.8, 4) is 0 Å². The van der Waals surface area contributed by atoms with Gasteiger partial charge in [-0.15, -0.1) is 0 Å². The number of carbonyl (C=O) groups excluding carboxylic acids is 1. The van der Waals surface area contributed by atoms with Crippen LogP contribution in [0.25, 0.3) is 0 Å². The van der Waals surface area contributed by atoms with Crippen molar-refractivity contribution in [2.45, 2.75) is 39.3 Å². The molecule has 0 aliphatic heterocycles. The Labute approximate surface area is 101 Å². The van der Waals surface area contributed by atoms with Gasteiger partial charge in [0.15, 0.2) is 0 Å². The van der Waals surface area contributed by atoms with Gasteiger partial charge in [0.1, 0.15) is 11.4 Å². The minimum Gasteiger partial charge on any atom is -0.444 e. The minimum absolute atomic E-state index is 0.169. The number of carbonyl (C=O) groups is 1. The van der Waals surface area contributed by atoms with E-state index in [4.69, 9.17) is 10.5 Å². The number of nitrogens with two attached hydrogens (primary N) is 1. The van der Waals surface area contributed by atoms with Crippen LogP contribution < -0.4 is 11.1 Å². The molecule has 1 unspecified atom stereocenters. The van der Waals surface area contributed by atoms with Gasteiger partial charge < -0.3 is 15.8 Å². The van der Waals surface area contributed by atoms with Crippen molar-refractivity contribution in [3.05, 3.63) is 23.9 Å². The number of hydrogen-bond donors (Lipinski definition) is 2. The maximum atomic E-state index is 11.5. The summed E-state index contributed by atoms with van der Waals surface area (Å²) in [6, 6.07) is 3.35. The van der Waals surface area contributed by atoms with Crippen LogP contribution in [0.1, 0.15) is 39.3 Å². The Hall–Kier alpha value is -1.78. The molecule has 94 valence electrons. The average Bonchev–Trinajstić information content (AvgIpc) is 2.15. The van der Waals surface area contributed by atoms with Gasteiger partial charge >= 0.3 is 6.09 Å². The SMILES string of the molecule is CC(NC(=O)OC(C)(C)C)c1ccc(N)nc1. The summed E-state index contributed by atoms with van der Waals surface area (Å²) in [7, 11) is 0. The van der Waals surface area contributed by atoms with E-state index in [1.165, 1.54) is 0 Å². The zero-order chi connectivity index (χ0) is 13.1. The van der Waals surface area contributed by atoms with Gasteiger partial charge in [0.2, 0.25) is 0 Å². The Morgan fingerprint density at radius 1 is 1.47 bits per heavy atom. The van der Waals surface area contributed by atoms with Gasteiger partial charge in [0, 0.05) is 6.20 Å². The number of aromatic nitrogens is 1. The van der Waals surface area contributed by atoms with Gasteiger partial charge in [0.25, 0.3) is 0 Å². The molecule has 0 aromatic carbocycles. The first-order valence-electron chi connectivity index (χ1n) is 5.49. The van der Waals surface area contributed by atoms with Crippen LogP contribution in [0.2, 0.25) is 0 Å². The minimum atomic E-state index is -0.497. The summed E-state index contributed by atoms with van der Waals surface area (Å²) in [6.07, 6.45) is 1.19. The molecule has 5 heteroatoms. The standard InChI is InChI=1S/C12H19N3O2/c1-8(9-5-6-10(13)14-7-9)15-11(16)17-12(2,3)4/h5-8H,1-4H3,(H2,13,14)(H,15,16). The third kappa shape index (κ3) is 4.72. The fourth-order valence-corrected chi connectivity index (χ4v) is 1.24. The number of hydrogen-bond acceptors (Lipinski definition) is 4. The highest BCUT2D eigenvalue weighted by Gasteiger charge is 2.18. The zero-order valence-electron chi connectivity index (χ0n) is 10.7. The van der Waals surface area contributed by atoms with E-state index in [0.717, 1.165) is 5.56 Å². The lowest BCUT2D eigenvalue weighted by Gasteiger charge is -2.22. The zero-order valence-corrected chi connectivity index (χ0v) is 10.7. The number of nitrogens with one attached hydrogen (secondary N) is 1. The van der Waals surface area contributed by atoms with Gasteiger partial charge in [-0.1, -0.05) is 6.07 Å². The number of nitrogens with zero attached hydrogens (tertiary/aromatic N) is 1. The third-order valence-electron chi connectivity index (χ3n) is 2.04. The molecule has 1 atom stereocenters. The predicted molar refractivity (Wildman–Crippen MR) is 66.4 cm³/mol. The number of alkyl carbamates (subject to hydrolysis) is 1. The summed E-state index contributed by atoms with van der Waals surface area (Å²) in [6.45, 7) is 7.32. The Morgan fingerprint density at radius 3 is 2.59 bits per heavy atom. The highest BCUT2D eigenvalue weighted by Crippen LogP contribution is 2.13. The first-order chi connectivity index (χ1) is 7.78. The van der Waals surface area contributed by atoms with Crippen molar-refractivity contribution in [2.75, 3.05) is 5.73 Å². The highest BCUT2D eigenvalue weighted by molar-refractivity contribution is 5.68. The molecule has 0 saturated carbocycles. The van der Waals surface area contributed by atoms with E-state index in [1.807, 2.05) is 33.8 Å². The molecule has 0 saturated heterocycles. The molecule has 0 radical (unpaired) electrons. The maximum absolute atomic E-state index is 11.5. The van der Waals surface area contributed by atoms with E-state index in [1.54, 1.807) is 12.3 Å². The second-order valence-corrected chi connectivity index (χ2v) is 4.88. The molecule has 0 bridgehead atoms. The summed E-state index contributed by atoms with van der Waals surface area (Å²) in [5.74, 6) is 0.457. The fraction of sp³-hybridized carbons (Fsp3) is 0.500. The van der Waals surface area contributed by atoms with E-state index in [9.17, 15) is 4.79 Å². The number of amides is 1. The van der Waals surface area contributed by atoms with Crippen molar-refractivity contribution in [2.24, 2.45) is 0 Å². The van der Waals surface area contributed by atoms with Crippen LogP contribution in [-0.2, 0) is 4.74 Å². The molecule has 3 N–H and O–H groups in total. The second-order valence-electron chi connectivity index (χ2n) is 4.88. The van der Waals surface area contributed by atoms with E-state index in [2.05, 4.69) is 10.3 Å². The molecule has 1 heterocycles. The average molecular weight is 237 g/mol. The third-order valence-corrected chi connectivity index (χ3v) is 2.04. The molecule has 0 aliphatic carbocycles. The summed E-state index contributed by atoms with van der Waals surface area (Å²) >= 11 is 0. The van der Waals surface area contributed by atoms with Crippen LogP contribution in [0.5, 0.6) is 0 Å². The van der Waals surface area contributed by atoms with Gasteiger partial charge in [-0.25, -0.2) is 9.78 Å². The van der Waals surface area contributed by atoms with Crippen molar-refractivity contribution in [1.82, 2.24) is 10.3 Å². The lowest BCUT2D eigenvalue weighted by molar-refractivity contribution is 0.0508. The summed E-state index contributed by atoms with van der Waals surface area (Å²) in [5, 5.41) is 2.73. The largest absolute Gasteiger partial charge is 0.444 e. The Balaban J connectivity index is 2.57. The Bertz CT molecular complexity index is 382. The van der Waals surface area contributed by atoms with Crippen LogP contribution in [0, 0.1) is 0 Å². The molecule has 5 nitrogen and oxygen atoms in total. The van der Waals surface area contributed by atoms with E-state index in [-0.39, 0.29) is 6.04 Å². The van der Waals surface area contributed by atoms with Gasteiger partial charge in [-0.05, 0) is 39.3 Å². The first kappa shape index (κ1) is 13.3. The molecule has 1 aromatic rings. The van der Waals surface area contributed by atoms with Crippen LogP contribution in [0.3, 0.4) is 0 Å². The topological polar surface area (TPSA) is 77.2 Å². The van der Waals surface area contributed by atoms with Gasteiger partial charge in [0.05, 0.1) is 6.04 Å². The Kier molecular flexibility index (Phi) is 3.93. The molecular formula is C12H19N3O2. The summed E-state index contributed by atoms with van der Waals surface area (Å²) in [4.78, 5) is 15.5. The molecule has 0 spiro atoms. The second kappa shape index (κ2) is 5.03. The van der Waals surface area contributed by atoms with E-state index in [0.29, 0.717) is 5.82 Å². The van der Waals surface area contributed by atoms with Crippen molar-refractivity contribution in [1.29, 1.82) is 0 Å². The molecule has 17 heavy (non-hydrogen) atoms. The smallest absolute Gasteiger partial charge is 0.408 e. The lowest BCUT2D eigenvalue weighted by Crippen LogP contribution is -2.34. The maximum Gasteiger partial charge on any atom is 0.408 e. The number of rotatable bonds is 2. The quantitative estimate of drug-likeness (QED) is 0.827.